The predicted molar refractivity (Wildman–Crippen MR) is 79.2 cm³/mol. The standard InChI is InChI=1S/C16H22N2O/c1-12(11-19-3)8-16(17-2)14-9-13-6-4-5-7-15(13)18-10-14/h4-7,9-10,12,16-17H,8,11H2,1-3H3. The van der Waals surface area contributed by atoms with Gasteiger partial charge in [-0.25, -0.2) is 0 Å². The van der Waals surface area contributed by atoms with E-state index in [-0.39, 0.29) is 0 Å². The molecule has 19 heavy (non-hydrogen) atoms. The lowest BCUT2D eigenvalue weighted by Crippen LogP contribution is -2.20. The van der Waals surface area contributed by atoms with E-state index in [1.54, 1.807) is 7.11 Å². The van der Waals surface area contributed by atoms with E-state index < -0.39 is 0 Å². The van der Waals surface area contributed by atoms with E-state index in [0.717, 1.165) is 18.5 Å². The van der Waals surface area contributed by atoms with Crippen LogP contribution in [0.25, 0.3) is 10.9 Å². The SMILES string of the molecule is CNC(CC(C)COC)c1cnc2ccccc2c1. The minimum Gasteiger partial charge on any atom is -0.384 e. The van der Waals surface area contributed by atoms with Crippen molar-refractivity contribution in [1.82, 2.24) is 10.3 Å². The van der Waals surface area contributed by atoms with Crippen LogP contribution in [0.5, 0.6) is 0 Å². The van der Waals surface area contributed by atoms with Gasteiger partial charge in [0.25, 0.3) is 0 Å². The van der Waals surface area contributed by atoms with Crippen molar-refractivity contribution >= 4 is 10.9 Å². The van der Waals surface area contributed by atoms with Gasteiger partial charge in [-0.15, -0.1) is 0 Å². The Morgan fingerprint density at radius 1 is 1.32 bits per heavy atom. The van der Waals surface area contributed by atoms with Gasteiger partial charge < -0.3 is 10.1 Å². The van der Waals surface area contributed by atoms with Crippen LogP contribution in [-0.4, -0.2) is 25.7 Å². The zero-order valence-electron chi connectivity index (χ0n) is 11.9. The summed E-state index contributed by atoms with van der Waals surface area (Å²) in [5.41, 5.74) is 2.29. The van der Waals surface area contributed by atoms with E-state index in [1.165, 1.54) is 10.9 Å². The zero-order valence-corrected chi connectivity index (χ0v) is 11.9. The summed E-state index contributed by atoms with van der Waals surface area (Å²) in [6, 6.07) is 10.8. The molecule has 1 aromatic heterocycles. The summed E-state index contributed by atoms with van der Waals surface area (Å²) in [4.78, 5) is 4.53. The van der Waals surface area contributed by atoms with Crippen LogP contribution in [0, 0.1) is 5.92 Å². The normalized spacial score (nSPS) is 14.5. The van der Waals surface area contributed by atoms with E-state index in [9.17, 15) is 0 Å². The summed E-state index contributed by atoms with van der Waals surface area (Å²) in [6.45, 7) is 3.00. The van der Waals surface area contributed by atoms with Crippen LogP contribution in [0.1, 0.15) is 24.9 Å². The minimum atomic E-state index is 0.322. The Bertz CT molecular complexity index is 527. The van der Waals surface area contributed by atoms with Gasteiger partial charge in [-0.3, -0.25) is 4.98 Å². The number of rotatable bonds is 6. The topological polar surface area (TPSA) is 34.1 Å². The fraction of sp³-hybridized carbons (Fsp3) is 0.438. The largest absolute Gasteiger partial charge is 0.384 e. The number of para-hydroxylation sites is 1. The Morgan fingerprint density at radius 2 is 2.11 bits per heavy atom. The lowest BCUT2D eigenvalue weighted by molar-refractivity contribution is 0.150. The molecule has 0 aliphatic heterocycles. The summed E-state index contributed by atoms with van der Waals surface area (Å²) in [7, 11) is 3.75. The van der Waals surface area contributed by atoms with Crippen molar-refractivity contribution in [2.75, 3.05) is 20.8 Å². The van der Waals surface area contributed by atoms with Gasteiger partial charge >= 0.3 is 0 Å². The number of hydrogen-bond donors (Lipinski definition) is 1. The van der Waals surface area contributed by atoms with Crippen LogP contribution in [-0.2, 0) is 4.74 Å². The molecule has 0 saturated heterocycles. The molecule has 0 aliphatic rings. The molecule has 0 fully saturated rings. The number of pyridine rings is 1. The van der Waals surface area contributed by atoms with Crippen LogP contribution in [0.2, 0.25) is 0 Å². The van der Waals surface area contributed by atoms with Crippen LogP contribution in [0.4, 0.5) is 0 Å². The lowest BCUT2D eigenvalue weighted by Gasteiger charge is -2.20. The van der Waals surface area contributed by atoms with Crippen LogP contribution in [0.15, 0.2) is 36.5 Å². The molecule has 1 heterocycles. The summed E-state index contributed by atoms with van der Waals surface area (Å²) in [5.74, 6) is 0.522. The van der Waals surface area contributed by atoms with Crippen molar-refractivity contribution in [2.24, 2.45) is 5.92 Å². The second-order valence-electron chi connectivity index (χ2n) is 5.10. The average Bonchev–Trinajstić information content (AvgIpc) is 2.44. The molecule has 1 N–H and O–H groups in total. The fourth-order valence-corrected chi connectivity index (χ4v) is 2.45. The molecule has 0 spiro atoms. The number of ether oxygens (including phenoxy) is 1. The lowest BCUT2D eigenvalue weighted by atomic mass is 9.96. The molecule has 0 bridgehead atoms. The molecule has 1 aromatic carbocycles. The zero-order chi connectivity index (χ0) is 13.7. The predicted octanol–water partition coefficient (Wildman–Crippen LogP) is 3.17. The molecule has 2 rings (SSSR count). The first-order valence-corrected chi connectivity index (χ1v) is 6.75. The van der Waals surface area contributed by atoms with Crippen molar-refractivity contribution in [3.63, 3.8) is 0 Å². The Balaban J connectivity index is 2.20. The smallest absolute Gasteiger partial charge is 0.0702 e. The highest BCUT2D eigenvalue weighted by atomic mass is 16.5. The van der Waals surface area contributed by atoms with E-state index >= 15 is 0 Å². The second-order valence-corrected chi connectivity index (χ2v) is 5.10. The van der Waals surface area contributed by atoms with Crippen molar-refractivity contribution in [1.29, 1.82) is 0 Å². The van der Waals surface area contributed by atoms with E-state index in [0.29, 0.717) is 12.0 Å². The van der Waals surface area contributed by atoms with Crippen molar-refractivity contribution < 1.29 is 4.74 Å². The molecule has 3 heteroatoms. The highest BCUT2D eigenvalue weighted by molar-refractivity contribution is 5.78. The number of benzene rings is 1. The molecule has 0 amide bonds. The van der Waals surface area contributed by atoms with Crippen molar-refractivity contribution in [3.8, 4) is 0 Å². The third kappa shape index (κ3) is 3.52. The molecule has 2 unspecified atom stereocenters. The number of hydrogen-bond acceptors (Lipinski definition) is 3. The summed E-state index contributed by atoms with van der Waals surface area (Å²) >= 11 is 0. The van der Waals surface area contributed by atoms with Gasteiger partial charge in [0.1, 0.15) is 0 Å². The molecule has 0 saturated carbocycles. The maximum atomic E-state index is 5.21. The monoisotopic (exact) mass is 258 g/mol. The fourth-order valence-electron chi connectivity index (χ4n) is 2.45. The average molecular weight is 258 g/mol. The van der Waals surface area contributed by atoms with Crippen molar-refractivity contribution in [2.45, 2.75) is 19.4 Å². The number of aromatic nitrogens is 1. The molecule has 2 aromatic rings. The summed E-state index contributed by atoms with van der Waals surface area (Å²) < 4.78 is 5.21. The third-order valence-corrected chi connectivity index (χ3v) is 3.45. The summed E-state index contributed by atoms with van der Waals surface area (Å²) in [5, 5.41) is 4.57. The first-order chi connectivity index (χ1) is 9.24. The molecular formula is C16H22N2O. The molecule has 102 valence electrons. The van der Waals surface area contributed by atoms with Crippen LogP contribution < -0.4 is 5.32 Å². The molecule has 0 radical (unpaired) electrons. The highest BCUT2D eigenvalue weighted by Crippen LogP contribution is 2.23. The molecular weight excluding hydrogens is 236 g/mol. The highest BCUT2D eigenvalue weighted by Gasteiger charge is 2.14. The Hall–Kier alpha value is -1.45. The van der Waals surface area contributed by atoms with Gasteiger partial charge in [0.15, 0.2) is 0 Å². The van der Waals surface area contributed by atoms with Crippen LogP contribution in [0.3, 0.4) is 0 Å². The van der Waals surface area contributed by atoms with E-state index in [4.69, 9.17) is 4.74 Å². The van der Waals surface area contributed by atoms with Gasteiger partial charge in [-0.1, -0.05) is 25.1 Å². The molecule has 0 aliphatic carbocycles. The van der Waals surface area contributed by atoms with Gasteiger partial charge in [-0.2, -0.15) is 0 Å². The second kappa shape index (κ2) is 6.64. The first-order valence-electron chi connectivity index (χ1n) is 6.75. The number of nitrogens with one attached hydrogen (secondary N) is 1. The van der Waals surface area contributed by atoms with Gasteiger partial charge in [0.2, 0.25) is 0 Å². The number of fused-ring (bicyclic) bond motifs is 1. The van der Waals surface area contributed by atoms with Gasteiger partial charge in [0, 0.05) is 31.3 Å². The van der Waals surface area contributed by atoms with Gasteiger partial charge in [0.05, 0.1) is 5.52 Å². The van der Waals surface area contributed by atoms with E-state index in [1.807, 2.05) is 25.4 Å². The number of methoxy groups -OCH3 is 1. The first kappa shape index (κ1) is 14.0. The summed E-state index contributed by atoms with van der Waals surface area (Å²) in [6.07, 6.45) is 3.02. The maximum absolute atomic E-state index is 5.21. The minimum absolute atomic E-state index is 0.322. The Kier molecular flexibility index (Phi) is 4.88. The Labute approximate surface area is 115 Å². The maximum Gasteiger partial charge on any atom is 0.0702 e. The van der Waals surface area contributed by atoms with Crippen molar-refractivity contribution in [3.05, 3.63) is 42.1 Å². The molecule has 2 atom stereocenters. The third-order valence-electron chi connectivity index (χ3n) is 3.45. The quantitative estimate of drug-likeness (QED) is 0.864. The Morgan fingerprint density at radius 3 is 2.84 bits per heavy atom. The molecule has 3 nitrogen and oxygen atoms in total. The number of nitrogens with zero attached hydrogens (tertiary/aromatic N) is 1. The van der Waals surface area contributed by atoms with Gasteiger partial charge in [-0.05, 0) is 37.1 Å². The van der Waals surface area contributed by atoms with Crippen LogP contribution >= 0.6 is 0 Å². The van der Waals surface area contributed by atoms with E-state index in [2.05, 4.69) is 35.4 Å².